The van der Waals surface area contributed by atoms with Gasteiger partial charge in [0.25, 0.3) is 11.5 Å². The summed E-state index contributed by atoms with van der Waals surface area (Å²) in [6, 6.07) is 13.6. The highest BCUT2D eigenvalue weighted by molar-refractivity contribution is 6.30. The lowest BCUT2D eigenvalue weighted by molar-refractivity contribution is 0.102. The van der Waals surface area contributed by atoms with E-state index in [-0.39, 0.29) is 11.5 Å². The average Bonchev–Trinajstić information content (AvgIpc) is 3.47. The lowest BCUT2D eigenvalue weighted by atomic mass is 10.1. The van der Waals surface area contributed by atoms with Gasteiger partial charge in [0.15, 0.2) is 17.1 Å². The van der Waals surface area contributed by atoms with Crippen molar-refractivity contribution in [2.45, 2.75) is 6.92 Å². The van der Waals surface area contributed by atoms with E-state index in [1.54, 1.807) is 55.5 Å². The fourth-order valence-electron chi connectivity index (χ4n) is 3.78. The number of amides is 1. The van der Waals surface area contributed by atoms with E-state index >= 15 is 0 Å². The molecule has 0 saturated heterocycles. The van der Waals surface area contributed by atoms with E-state index < -0.39 is 11.5 Å². The van der Waals surface area contributed by atoms with Gasteiger partial charge in [-0.25, -0.2) is 4.68 Å². The molecule has 0 aliphatic carbocycles. The van der Waals surface area contributed by atoms with Crippen LogP contribution in [0, 0.1) is 6.92 Å². The second-order valence-electron chi connectivity index (χ2n) is 7.74. The van der Waals surface area contributed by atoms with Gasteiger partial charge in [-0.3, -0.25) is 14.6 Å². The van der Waals surface area contributed by atoms with E-state index in [0.29, 0.717) is 44.8 Å². The Hall–Kier alpha value is -4.64. The summed E-state index contributed by atoms with van der Waals surface area (Å²) in [6.07, 6.45) is 1.44. The fourth-order valence-corrected chi connectivity index (χ4v) is 3.90. The monoisotopic (exact) mass is 505 g/mol. The van der Waals surface area contributed by atoms with Crippen molar-refractivity contribution in [1.29, 1.82) is 0 Å². The Morgan fingerprint density at radius 1 is 1.08 bits per heavy atom. The van der Waals surface area contributed by atoms with Crippen LogP contribution in [0.4, 0.5) is 5.82 Å². The zero-order valence-corrected chi connectivity index (χ0v) is 20.2. The highest BCUT2D eigenvalue weighted by atomic mass is 35.5. The third-order valence-corrected chi connectivity index (χ3v) is 5.67. The van der Waals surface area contributed by atoms with Crippen LogP contribution in [-0.2, 0) is 0 Å². The third kappa shape index (κ3) is 4.05. The topological polar surface area (TPSA) is 129 Å². The van der Waals surface area contributed by atoms with Crippen molar-refractivity contribution in [3.8, 4) is 23.1 Å². The molecule has 12 heteroatoms. The number of halogens is 1. The van der Waals surface area contributed by atoms with Crippen LogP contribution in [0.25, 0.3) is 22.7 Å². The lowest BCUT2D eigenvalue weighted by Crippen LogP contribution is -2.19. The molecular formula is C24H20ClN7O4. The van der Waals surface area contributed by atoms with Crippen molar-refractivity contribution in [3.05, 3.63) is 81.4 Å². The Morgan fingerprint density at radius 3 is 2.58 bits per heavy atom. The number of nitrogens with zero attached hydrogens (tertiary/aromatic N) is 5. The number of benzene rings is 2. The van der Waals surface area contributed by atoms with Crippen LogP contribution in [0.2, 0.25) is 5.02 Å². The Balaban J connectivity index is 1.57. The number of nitrogens with one attached hydrogen (secondary N) is 2. The van der Waals surface area contributed by atoms with Gasteiger partial charge in [0.2, 0.25) is 5.95 Å². The maximum Gasteiger partial charge on any atom is 0.263 e. The molecule has 0 radical (unpaired) electrons. The first-order valence-corrected chi connectivity index (χ1v) is 11.1. The van der Waals surface area contributed by atoms with E-state index in [2.05, 4.69) is 25.5 Å². The number of fused-ring (bicyclic) bond motifs is 1. The first-order chi connectivity index (χ1) is 17.4. The molecule has 5 rings (SSSR count). The maximum absolute atomic E-state index is 13.2. The number of carbonyl (C=O) groups excluding carboxylic acids is 1. The molecule has 2 aromatic carbocycles. The van der Waals surface area contributed by atoms with Gasteiger partial charge in [-0.05, 0) is 43.3 Å². The minimum atomic E-state index is -0.457. The van der Waals surface area contributed by atoms with E-state index in [9.17, 15) is 9.59 Å². The minimum absolute atomic E-state index is 0.101. The number of anilines is 1. The highest BCUT2D eigenvalue weighted by Crippen LogP contribution is 2.31. The number of methoxy groups -OCH3 is 2. The summed E-state index contributed by atoms with van der Waals surface area (Å²) in [4.78, 5) is 33.3. The summed E-state index contributed by atoms with van der Waals surface area (Å²) >= 11 is 6.00. The van der Waals surface area contributed by atoms with Crippen LogP contribution < -0.4 is 20.3 Å². The molecule has 0 atom stereocenters. The fraction of sp³-hybridized carbons (Fsp3) is 0.125. The molecule has 0 saturated carbocycles. The summed E-state index contributed by atoms with van der Waals surface area (Å²) in [7, 11) is 2.95. The number of H-pyrrole nitrogens is 1. The first-order valence-electron chi connectivity index (χ1n) is 10.7. The largest absolute Gasteiger partial charge is 0.493 e. The molecule has 1 amide bonds. The number of carbonyl (C=O) groups is 1. The molecule has 3 aromatic heterocycles. The molecule has 36 heavy (non-hydrogen) atoms. The second kappa shape index (κ2) is 9.19. The molecule has 0 unspecified atom stereocenters. The Kier molecular flexibility index (Phi) is 5.90. The zero-order chi connectivity index (χ0) is 25.4. The molecule has 3 heterocycles. The normalized spacial score (nSPS) is 11.0. The summed E-state index contributed by atoms with van der Waals surface area (Å²) in [5.74, 6) is 0.648. The molecule has 5 aromatic rings. The summed E-state index contributed by atoms with van der Waals surface area (Å²) in [5.41, 5.74) is 1.44. The van der Waals surface area contributed by atoms with E-state index in [0.717, 1.165) is 0 Å². The average molecular weight is 506 g/mol. The van der Waals surface area contributed by atoms with Gasteiger partial charge >= 0.3 is 0 Å². The Morgan fingerprint density at radius 2 is 1.86 bits per heavy atom. The number of ether oxygens (including phenoxy) is 2. The van der Waals surface area contributed by atoms with Gasteiger partial charge in [0, 0.05) is 11.1 Å². The van der Waals surface area contributed by atoms with Crippen molar-refractivity contribution in [1.82, 2.24) is 29.5 Å². The molecule has 0 fully saturated rings. The Labute approximate surface area is 209 Å². The third-order valence-electron chi connectivity index (χ3n) is 5.42. The van der Waals surface area contributed by atoms with Crippen LogP contribution >= 0.6 is 11.6 Å². The molecule has 0 aliphatic rings. The van der Waals surface area contributed by atoms with E-state index in [1.165, 1.54) is 29.8 Å². The van der Waals surface area contributed by atoms with Crippen LogP contribution in [0.3, 0.4) is 0 Å². The van der Waals surface area contributed by atoms with Crippen molar-refractivity contribution >= 4 is 34.4 Å². The van der Waals surface area contributed by atoms with Crippen molar-refractivity contribution < 1.29 is 14.3 Å². The number of aromatic amines is 1. The minimum Gasteiger partial charge on any atom is -0.493 e. The first kappa shape index (κ1) is 23.1. The number of rotatable bonds is 6. The molecule has 0 spiro atoms. The van der Waals surface area contributed by atoms with Gasteiger partial charge in [-0.1, -0.05) is 17.7 Å². The van der Waals surface area contributed by atoms with Crippen LogP contribution in [0.1, 0.15) is 16.1 Å². The summed E-state index contributed by atoms with van der Waals surface area (Å²) in [5, 5.41) is 12.4. The lowest BCUT2D eigenvalue weighted by Gasteiger charge is -2.13. The predicted octanol–water partition coefficient (Wildman–Crippen LogP) is 3.53. The number of aromatic nitrogens is 6. The number of hydrogen-bond donors (Lipinski definition) is 2. The number of hydrogen-bond acceptors (Lipinski definition) is 7. The Bertz CT molecular complexity index is 1650. The van der Waals surface area contributed by atoms with E-state index in [1.807, 2.05) is 0 Å². The summed E-state index contributed by atoms with van der Waals surface area (Å²) < 4.78 is 13.5. The number of para-hydroxylation sites is 1. The molecule has 0 bridgehead atoms. The maximum atomic E-state index is 13.2. The molecule has 0 aliphatic heterocycles. The van der Waals surface area contributed by atoms with Gasteiger partial charge in [0.05, 0.1) is 37.4 Å². The van der Waals surface area contributed by atoms with Crippen LogP contribution in [-0.4, -0.2) is 49.7 Å². The van der Waals surface area contributed by atoms with Gasteiger partial charge < -0.3 is 14.8 Å². The van der Waals surface area contributed by atoms with Gasteiger partial charge in [-0.2, -0.15) is 19.9 Å². The smallest absolute Gasteiger partial charge is 0.263 e. The van der Waals surface area contributed by atoms with Crippen LogP contribution in [0.5, 0.6) is 11.5 Å². The predicted molar refractivity (Wildman–Crippen MR) is 134 cm³/mol. The van der Waals surface area contributed by atoms with E-state index in [4.69, 9.17) is 21.1 Å². The number of aryl methyl sites for hydroxylation is 1. The highest BCUT2D eigenvalue weighted by Gasteiger charge is 2.20. The molecule has 2 N–H and O–H groups in total. The SMILES string of the molecule is COc1cccc(C(=O)Nc2cc(C)nn2-c2nc3c(cnn3-c3ccc(Cl)cc3)c(=O)[nH]2)c1OC. The van der Waals surface area contributed by atoms with Crippen LogP contribution in [0.15, 0.2) is 59.5 Å². The molecular weight excluding hydrogens is 486 g/mol. The molecule has 11 nitrogen and oxygen atoms in total. The van der Waals surface area contributed by atoms with Crippen molar-refractivity contribution in [2.24, 2.45) is 0 Å². The van der Waals surface area contributed by atoms with Crippen molar-refractivity contribution in [2.75, 3.05) is 19.5 Å². The van der Waals surface area contributed by atoms with Gasteiger partial charge in [-0.15, -0.1) is 0 Å². The van der Waals surface area contributed by atoms with Crippen molar-refractivity contribution in [3.63, 3.8) is 0 Å². The quantitative estimate of drug-likeness (QED) is 0.361. The standard InChI is InChI=1S/C24H20ClN7O4/c1-13-11-19(27-22(33)16-5-4-6-18(35-2)20(16)36-3)32(30-13)24-28-21-17(23(34)29-24)12-26-31(21)15-9-7-14(25)8-10-15/h4-12H,1-3H3,(H,27,33)(H,28,29,34). The second-order valence-corrected chi connectivity index (χ2v) is 8.17. The molecule has 182 valence electrons. The van der Waals surface area contributed by atoms with Gasteiger partial charge in [0.1, 0.15) is 11.2 Å². The zero-order valence-electron chi connectivity index (χ0n) is 19.4. The summed E-state index contributed by atoms with van der Waals surface area (Å²) in [6.45, 7) is 1.76.